The minimum atomic E-state index is -0.238. The first-order valence-electron chi connectivity index (χ1n) is 6.39. The molecule has 0 fully saturated rings. The Morgan fingerprint density at radius 1 is 1.48 bits per heavy atom. The molecule has 8 heteroatoms. The Labute approximate surface area is 126 Å². The van der Waals surface area contributed by atoms with E-state index in [1.54, 1.807) is 36.1 Å². The van der Waals surface area contributed by atoms with Crippen molar-refractivity contribution in [3.05, 3.63) is 40.7 Å². The molecule has 2 aromatic rings. The highest BCUT2D eigenvalue weighted by Crippen LogP contribution is 2.20. The molecule has 21 heavy (non-hydrogen) atoms. The van der Waals surface area contributed by atoms with Crippen LogP contribution >= 0.6 is 11.6 Å². The molecule has 1 amide bonds. The molecule has 0 atom stereocenters. The smallest absolute Gasteiger partial charge is 0.252 e. The van der Waals surface area contributed by atoms with E-state index < -0.39 is 0 Å². The largest absolute Gasteiger partial charge is 0.394 e. The fourth-order valence-electron chi connectivity index (χ4n) is 1.77. The molecule has 2 rings (SSSR count). The topological polar surface area (TPSA) is 92.1 Å². The zero-order chi connectivity index (χ0) is 15.2. The van der Waals surface area contributed by atoms with Crippen molar-refractivity contribution in [1.82, 2.24) is 20.3 Å². The lowest BCUT2D eigenvalue weighted by atomic mass is 10.2. The van der Waals surface area contributed by atoms with Gasteiger partial charge in [-0.15, -0.1) is 5.10 Å². The summed E-state index contributed by atoms with van der Waals surface area (Å²) >= 11 is 5.99. The second-order valence-electron chi connectivity index (χ2n) is 4.32. The number of hydrogen-bond donors (Lipinski definition) is 3. The van der Waals surface area contributed by atoms with Gasteiger partial charge in [0.2, 0.25) is 0 Å². The highest BCUT2D eigenvalue weighted by Gasteiger charge is 2.09. The minimum absolute atomic E-state index is 0.0168. The molecule has 0 aliphatic heterocycles. The maximum Gasteiger partial charge on any atom is 0.252 e. The van der Waals surface area contributed by atoms with Gasteiger partial charge in [-0.05, 0) is 18.2 Å². The maximum atomic E-state index is 11.7. The van der Waals surface area contributed by atoms with Crippen LogP contribution in [0, 0.1) is 0 Å². The van der Waals surface area contributed by atoms with E-state index in [1.165, 1.54) is 0 Å². The number of amides is 1. The van der Waals surface area contributed by atoms with Crippen molar-refractivity contribution in [3.8, 4) is 0 Å². The Bertz CT molecular complexity index is 629. The van der Waals surface area contributed by atoms with Crippen LogP contribution < -0.4 is 10.6 Å². The van der Waals surface area contributed by atoms with Crippen molar-refractivity contribution in [2.45, 2.75) is 13.1 Å². The number of aliphatic hydroxyl groups is 1. The van der Waals surface area contributed by atoms with Crippen LogP contribution in [0.4, 0.5) is 5.69 Å². The summed E-state index contributed by atoms with van der Waals surface area (Å²) in [5, 5.41) is 22.7. The second kappa shape index (κ2) is 7.05. The van der Waals surface area contributed by atoms with E-state index >= 15 is 0 Å². The average molecular weight is 310 g/mol. The molecule has 0 bridgehead atoms. The van der Waals surface area contributed by atoms with Crippen molar-refractivity contribution < 1.29 is 9.90 Å². The van der Waals surface area contributed by atoms with Gasteiger partial charge >= 0.3 is 0 Å². The molecule has 0 unspecified atom stereocenters. The van der Waals surface area contributed by atoms with E-state index in [-0.39, 0.29) is 12.5 Å². The number of nitrogens with zero attached hydrogens (tertiary/aromatic N) is 3. The molecule has 0 spiro atoms. The molecular weight excluding hydrogens is 294 g/mol. The lowest BCUT2D eigenvalue weighted by Crippen LogP contribution is -2.18. The quantitative estimate of drug-likeness (QED) is 0.737. The predicted octanol–water partition coefficient (Wildman–Crippen LogP) is 0.895. The molecule has 1 aromatic carbocycles. The van der Waals surface area contributed by atoms with Crippen molar-refractivity contribution >= 4 is 23.2 Å². The summed E-state index contributed by atoms with van der Waals surface area (Å²) in [6.07, 6.45) is 1.75. The number of rotatable bonds is 6. The zero-order valence-corrected chi connectivity index (χ0v) is 12.3. The molecule has 1 aromatic heterocycles. The number of aromatic nitrogens is 3. The maximum absolute atomic E-state index is 11.7. The van der Waals surface area contributed by atoms with Gasteiger partial charge < -0.3 is 15.7 Å². The second-order valence-corrected chi connectivity index (χ2v) is 4.73. The van der Waals surface area contributed by atoms with Gasteiger partial charge in [-0.3, -0.25) is 4.79 Å². The Hall–Kier alpha value is -2.12. The number of anilines is 1. The van der Waals surface area contributed by atoms with Gasteiger partial charge in [0.05, 0.1) is 36.5 Å². The van der Waals surface area contributed by atoms with Crippen molar-refractivity contribution in [3.63, 3.8) is 0 Å². The lowest BCUT2D eigenvalue weighted by Gasteiger charge is -2.08. The lowest BCUT2D eigenvalue weighted by molar-refractivity contribution is 0.0963. The van der Waals surface area contributed by atoms with E-state index in [4.69, 9.17) is 16.7 Å². The summed E-state index contributed by atoms with van der Waals surface area (Å²) in [7, 11) is 1.55. The van der Waals surface area contributed by atoms with Crippen molar-refractivity contribution in [2.24, 2.45) is 0 Å². The van der Waals surface area contributed by atoms with Gasteiger partial charge in [-0.1, -0.05) is 16.8 Å². The molecule has 0 aliphatic rings. The third kappa shape index (κ3) is 3.93. The number of carbonyl (C=O) groups is 1. The van der Waals surface area contributed by atoms with E-state index in [2.05, 4.69) is 20.9 Å². The average Bonchev–Trinajstić information content (AvgIpc) is 2.94. The first kappa shape index (κ1) is 15.3. The molecule has 112 valence electrons. The van der Waals surface area contributed by atoms with Crippen molar-refractivity contribution in [1.29, 1.82) is 0 Å². The summed E-state index contributed by atoms with van der Waals surface area (Å²) in [4.78, 5) is 11.7. The van der Waals surface area contributed by atoms with Crippen LogP contribution in [0.1, 0.15) is 16.1 Å². The van der Waals surface area contributed by atoms with Crippen LogP contribution in [-0.2, 0) is 13.1 Å². The van der Waals surface area contributed by atoms with Gasteiger partial charge in [-0.2, -0.15) is 0 Å². The first-order chi connectivity index (χ1) is 10.1. The van der Waals surface area contributed by atoms with Crippen LogP contribution in [0.3, 0.4) is 0 Å². The number of benzene rings is 1. The molecule has 7 nitrogen and oxygen atoms in total. The third-order valence-electron chi connectivity index (χ3n) is 2.83. The number of nitrogens with one attached hydrogen (secondary N) is 2. The summed E-state index contributed by atoms with van der Waals surface area (Å²) in [6, 6.07) is 5.13. The van der Waals surface area contributed by atoms with E-state index in [9.17, 15) is 4.79 Å². The number of hydrogen-bond acceptors (Lipinski definition) is 5. The monoisotopic (exact) mass is 309 g/mol. The Kier molecular flexibility index (Phi) is 5.13. The van der Waals surface area contributed by atoms with Gasteiger partial charge in [0.25, 0.3) is 5.91 Å². The summed E-state index contributed by atoms with van der Waals surface area (Å²) in [6.45, 7) is 0.887. The Balaban J connectivity index is 2.04. The highest BCUT2D eigenvalue weighted by atomic mass is 35.5. The van der Waals surface area contributed by atoms with Gasteiger partial charge in [0, 0.05) is 12.7 Å². The predicted molar refractivity (Wildman–Crippen MR) is 79.3 cm³/mol. The van der Waals surface area contributed by atoms with E-state index in [0.717, 1.165) is 11.4 Å². The normalized spacial score (nSPS) is 10.4. The molecule has 0 saturated heterocycles. The van der Waals surface area contributed by atoms with Crippen LogP contribution in [0.15, 0.2) is 24.4 Å². The Morgan fingerprint density at radius 2 is 2.29 bits per heavy atom. The van der Waals surface area contributed by atoms with Crippen LogP contribution in [0.25, 0.3) is 0 Å². The third-order valence-corrected chi connectivity index (χ3v) is 3.16. The minimum Gasteiger partial charge on any atom is -0.394 e. The number of carbonyl (C=O) groups excluding carboxylic acids is 1. The first-order valence-corrected chi connectivity index (χ1v) is 6.77. The summed E-state index contributed by atoms with van der Waals surface area (Å²) in [5.74, 6) is -0.238. The SMILES string of the molecule is CNC(=O)c1cc(NCc2cn(CCO)nn2)ccc1Cl. The van der Waals surface area contributed by atoms with Crippen molar-refractivity contribution in [2.75, 3.05) is 19.0 Å². The summed E-state index contributed by atoms with van der Waals surface area (Å²) < 4.78 is 1.56. The van der Waals surface area contributed by atoms with E-state index in [1.807, 2.05) is 0 Å². The van der Waals surface area contributed by atoms with Gasteiger partial charge in [0.1, 0.15) is 5.69 Å². The van der Waals surface area contributed by atoms with Gasteiger partial charge in [-0.25, -0.2) is 4.68 Å². The van der Waals surface area contributed by atoms with Crippen LogP contribution in [-0.4, -0.2) is 39.7 Å². The standard InChI is InChI=1S/C13H16ClN5O2/c1-15-13(21)11-6-9(2-3-12(11)14)16-7-10-8-19(4-5-20)18-17-10/h2-3,6,8,16,20H,4-5,7H2,1H3,(H,15,21). The fourth-order valence-corrected chi connectivity index (χ4v) is 1.97. The molecular formula is C13H16ClN5O2. The zero-order valence-electron chi connectivity index (χ0n) is 11.5. The molecule has 0 radical (unpaired) electrons. The molecule has 3 N–H and O–H groups in total. The van der Waals surface area contributed by atoms with E-state index in [0.29, 0.717) is 23.7 Å². The number of aliphatic hydroxyl groups excluding tert-OH is 1. The van der Waals surface area contributed by atoms with Crippen LogP contribution in [0.2, 0.25) is 5.02 Å². The molecule has 0 aliphatic carbocycles. The Morgan fingerprint density at radius 3 is 3.00 bits per heavy atom. The van der Waals surface area contributed by atoms with Gasteiger partial charge in [0.15, 0.2) is 0 Å². The highest BCUT2D eigenvalue weighted by molar-refractivity contribution is 6.34. The fraction of sp³-hybridized carbons (Fsp3) is 0.308. The number of halogens is 1. The molecule has 1 heterocycles. The van der Waals surface area contributed by atoms with Crippen LogP contribution in [0.5, 0.6) is 0 Å². The molecule has 0 saturated carbocycles. The summed E-state index contributed by atoms with van der Waals surface area (Å²) in [5.41, 5.74) is 1.91.